The predicted molar refractivity (Wildman–Crippen MR) is 83.0 cm³/mol. The summed E-state index contributed by atoms with van der Waals surface area (Å²) in [5, 5.41) is -0.344. The SMILES string of the molecule is CC(C)(C)CC(Cl)CNS(=O)(=O)c1ccc(Br)cc1F. The summed E-state index contributed by atoms with van der Waals surface area (Å²) in [4.78, 5) is -0.375. The van der Waals surface area contributed by atoms with Crippen molar-refractivity contribution in [1.29, 1.82) is 0 Å². The molecule has 0 saturated carbocycles. The van der Waals surface area contributed by atoms with Gasteiger partial charge in [-0.1, -0.05) is 36.7 Å². The van der Waals surface area contributed by atoms with E-state index in [4.69, 9.17) is 11.6 Å². The van der Waals surface area contributed by atoms with Crippen molar-refractivity contribution in [1.82, 2.24) is 4.72 Å². The highest BCUT2D eigenvalue weighted by atomic mass is 79.9. The third-order valence-corrected chi connectivity index (χ3v) is 4.77. The van der Waals surface area contributed by atoms with E-state index in [0.717, 1.165) is 6.07 Å². The molecule has 0 aliphatic carbocycles. The Bertz CT molecular complexity index is 572. The zero-order chi connectivity index (χ0) is 15.6. The van der Waals surface area contributed by atoms with Crippen molar-refractivity contribution in [2.45, 2.75) is 37.5 Å². The van der Waals surface area contributed by atoms with Crippen LogP contribution in [0.15, 0.2) is 27.6 Å². The lowest BCUT2D eigenvalue weighted by Crippen LogP contribution is -2.32. The van der Waals surface area contributed by atoms with Crippen molar-refractivity contribution in [3.8, 4) is 0 Å². The smallest absolute Gasteiger partial charge is 0.210 e. The fraction of sp³-hybridized carbons (Fsp3) is 0.538. The Morgan fingerprint density at radius 1 is 1.40 bits per heavy atom. The van der Waals surface area contributed by atoms with Gasteiger partial charge in [0.25, 0.3) is 0 Å². The Labute approximate surface area is 133 Å². The predicted octanol–water partition coefficient (Wildman–Crippen LogP) is 3.91. The highest BCUT2D eigenvalue weighted by Crippen LogP contribution is 2.24. The lowest BCUT2D eigenvalue weighted by Gasteiger charge is -2.22. The van der Waals surface area contributed by atoms with Crippen LogP contribution >= 0.6 is 27.5 Å². The average Bonchev–Trinajstić information content (AvgIpc) is 2.23. The highest BCUT2D eigenvalue weighted by Gasteiger charge is 2.22. The summed E-state index contributed by atoms with van der Waals surface area (Å²) < 4.78 is 40.5. The number of rotatable bonds is 5. The number of alkyl halides is 1. The minimum absolute atomic E-state index is 0.000714. The molecule has 0 spiro atoms. The Hall–Kier alpha value is -0.170. The van der Waals surface area contributed by atoms with Gasteiger partial charge in [0.2, 0.25) is 10.0 Å². The van der Waals surface area contributed by atoms with Gasteiger partial charge in [-0.2, -0.15) is 0 Å². The molecule has 0 radical (unpaired) electrons. The Balaban J connectivity index is 2.76. The highest BCUT2D eigenvalue weighted by molar-refractivity contribution is 9.10. The van der Waals surface area contributed by atoms with Crippen LogP contribution in [-0.4, -0.2) is 20.3 Å². The van der Waals surface area contributed by atoms with E-state index in [2.05, 4.69) is 20.7 Å². The molecule has 0 heterocycles. The molecular formula is C13H18BrClFNO2S. The maximum absolute atomic E-state index is 13.7. The van der Waals surface area contributed by atoms with E-state index >= 15 is 0 Å². The lowest BCUT2D eigenvalue weighted by molar-refractivity contribution is 0.369. The number of sulfonamides is 1. The summed E-state index contributed by atoms with van der Waals surface area (Å²) in [6.45, 7) is 6.12. The van der Waals surface area contributed by atoms with E-state index in [9.17, 15) is 12.8 Å². The van der Waals surface area contributed by atoms with Crippen LogP contribution in [0.4, 0.5) is 4.39 Å². The van der Waals surface area contributed by atoms with Crippen LogP contribution in [0, 0.1) is 11.2 Å². The molecule has 1 rings (SSSR count). The van der Waals surface area contributed by atoms with Gasteiger partial charge in [-0.3, -0.25) is 0 Å². The number of halogens is 3. The minimum Gasteiger partial charge on any atom is -0.210 e. The normalized spacial score (nSPS) is 14.3. The molecule has 1 aromatic rings. The molecule has 0 aromatic heterocycles. The quantitative estimate of drug-likeness (QED) is 0.780. The van der Waals surface area contributed by atoms with Gasteiger partial charge < -0.3 is 0 Å². The van der Waals surface area contributed by atoms with Crippen LogP contribution in [0.3, 0.4) is 0 Å². The molecule has 7 heteroatoms. The van der Waals surface area contributed by atoms with Gasteiger partial charge in [-0.15, -0.1) is 11.6 Å². The van der Waals surface area contributed by atoms with E-state index in [1.54, 1.807) is 0 Å². The van der Waals surface area contributed by atoms with Gasteiger partial charge in [0.15, 0.2) is 0 Å². The maximum atomic E-state index is 13.7. The van der Waals surface area contributed by atoms with E-state index in [1.807, 2.05) is 20.8 Å². The van der Waals surface area contributed by atoms with Gasteiger partial charge in [-0.05, 0) is 30.0 Å². The number of hydrogen-bond acceptors (Lipinski definition) is 2. The van der Waals surface area contributed by atoms with Crippen LogP contribution in [-0.2, 0) is 10.0 Å². The summed E-state index contributed by atoms with van der Waals surface area (Å²) >= 11 is 9.18. The summed E-state index contributed by atoms with van der Waals surface area (Å²) in [5.74, 6) is -0.797. The van der Waals surface area contributed by atoms with Crippen molar-refractivity contribution >= 4 is 37.6 Å². The van der Waals surface area contributed by atoms with Gasteiger partial charge in [0, 0.05) is 16.4 Å². The van der Waals surface area contributed by atoms with Crippen LogP contribution in [0.1, 0.15) is 27.2 Å². The standard InChI is InChI=1S/C13H18BrClFNO2S/c1-13(2,3)7-10(15)8-17-20(18,19)12-5-4-9(14)6-11(12)16/h4-6,10,17H,7-8H2,1-3H3. The monoisotopic (exact) mass is 385 g/mol. The Morgan fingerprint density at radius 3 is 2.50 bits per heavy atom. The van der Waals surface area contributed by atoms with Crippen LogP contribution in [0.25, 0.3) is 0 Å². The molecule has 20 heavy (non-hydrogen) atoms. The van der Waals surface area contributed by atoms with E-state index < -0.39 is 15.8 Å². The number of hydrogen-bond donors (Lipinski definition) is 1. The topological polar surface area (TPSA) is 46.2 Å². The number of benzene rings is 1. The lowest BCUT2D eigenvalue weighted by atomic mass is 9.90. The van der Waals surface area contributed by atoms with Crippen molar-refractivity contribution in [2.75, 3.05) is 6.54 Å². The molecule has 1 aromatic carbocycles. The molecule has 0 amide bonds. The van der Waals surface area contributed by atoms with Gasteiger partial charge in [-0.25, -0.2) is 17.5 Å². The summed E-state index contributed by atoms with van der Waals surface area (Å²) in [7, 11) is -3.89. The Kier molecular flexibility index (Phi) is 6.01. The van der Waals surface area contributed by atoms with Crippen molar-refractivity contribution in [2.24, 2.45) is 5.41 Å². The first-order valence-electron chi connectivity index (χ1n) is 6.10. The molecule has 1 N–H and O–H groups in total. The van der Waals surface area contributed by atoms with Gasteiger partial charge >= 0.3 is 0 Å². The minimum atomic E-state index is -3.89. The van der Waals surface area contributed by atoms with Crippen LogP contribution in [0.2, 0.25) is 0 Å². The first kappa shape index (κ1) is 17.9. The molecule has 3 nitrogen and oxygen atoms in total. The number of nitrogens with one attached hydrogen (secondary N) is 1. The molecule has 0 bridgehead atoms. The third kappa shape index (κ3) is 5.68. The van der Waals surface area contributed by atoms with Gasteiger partial charge in [0.1, 0.15) is 10.7 Å². The Morgan fingerprint density at radius 2 is 2.00 bits per heavy atom. The molecule has 0 aliphatic rings. The van der Waals surface area contributed by atoms with Gasteiger partial charge in [0.05, 0.1) is 0 Å². The summed E-state index contributed by atoms with van der Waals surface area (Å²) in [6, 6.07) is 3.81. The summed E-state index contributed by atoms with van der Waals surface area (Å²) in [5.41, 5.74) is 0.000714. The molecular weight excluding hydrogens is 369 g/mol. The van der Waals surface area contributed by atoms with E-state index in [1.165, 1.54) is 12.1 Å². The van der Waals surface area contributed by atoms with E-state index in [-0.39, 0.29) is 22.2 Å². The average molecular weight is 387 g/mol. The van der Waals surface area contributed by atoms with Crippen molar-refractivity contribution in [3.63, 3.8) is 0 Å². The molecule has 114 valence electrons. The van der Waals surface area contributed by atoms with Crippen molar-refractivity contribution in [3.05, 3.63) is 28.5 Å². The second-order valence-electron chi connectivity index (χ2n) is 5.79. The molecule has 0 saturated heterocycles. The van der Waals surface area contributed by atoms with Crippen LogP contribution in [0.5, 0.6) is 0 Å². The first-order chi connectivity index (χ1) is 9.01. The maximum Gasteiger partial charge on any atom is 0.243 e. The molecule has 0 aliphatic heterocycles. The zero-order valence-corrected chi connectivity index (χ0v) is 14.7. The second-order valence-corrected chi connectivity index (χ2v) is 9.06. The van der Waals surface area contributed by atoms with Crippen LogP contribution < -0.4 is 4.72 Å². The fourth-order valence-electron chi connectivity index (χ4n) is 1.71. The second kappa shape index (κ2) is 6.73. The fourth-order valence-corrected chi connectivity index (χ4v) is 3.81. The first-order valence-corrected chi connectivity index (χ1v) is 8.81. The van der Waals surface area contributed by atoms with Crippen molar-refractivity contribution < 1.29 is 12.8 Å². The molecule has 1 atom stereocenters. The molecule has 1 unspecified atom stereocenters. The third-order valence-electron chi connectivity index (χ3n) is 2.51. The van der Waals surface area contributed by atoms with E-state index in [0.29, 0.717) is 10.9 Å². The summed E-state index contributed by atoms with van der Waals surface area (Å²) in [6.07, 6.45) is 0.653. The largest absolute Gasteiger partial charge is 0.243 e. The molecule has 0 fully saturated rings. The zero-order valence-electron chi connectivity index (χ0n) is 11.6.